The predicted molar refractivity (Wildman–Crippen MR) is 123 cm³/mol. The van der Waals surface area contributed by atoms with E-state index in [0.717, 1.165) is 73.2 Å². The number of hydrogen-bond acceptors (Lipinski definition) is 9. The smallest absolute Gasteiger partial charge is 0.247 e. The van der Waals surface area contributed by atoms with Crippen LogP contribution in [0.25, 0.3) is 22.8 Å². The maximum atomic E-state index is 12.8. The second-order valence-corrected chi connectivity index (χ2v) is 10.5. The van der Waals surface area contributed by atoms with Crippen LogP contribution >= 0.6 is 0 Å². The molecule has 1 aromatic carbocycles. The zero-order chi connectivity index (χ0) is 22.4. The van der Waals surface area contributed by atoms with Gasteiger partial charge in [-0.3, -0.25) is 9.11 Å². The lowest BCUT2D eigenvalue weighted by Gasteiger charge is -2.31. The van der Waals surface area contributed by atoms with E-state index in [-0.39, 0.29) is 5.54 Å². The normalized spacial score (nSPS) is 21.7. The van der Waals surface area contributed by atoms with Crippen molar-refractivity contribution in [2.45, 2.75) is 36.6 Å². The monoisotopic (exact) mass is 466 g/mol. The highest BCUT2D eigenvalue weighted by atomic mass is 32.2. The Morgan fingerprint density at radius 2 is 1.85 bits per heavy atom. The van der Waals surface area contributed by atoms with Gasteiger partial charge >= 0.3 is 0 Å². The fourth-order valence-corrected chi connectivity index (χ4v) is 5.80. The molecule has 10 heteroatoms. The maximum absolute atomic E-state index is 12.8. The van der Waals surface area contributed by atoms with E-state index in [4.69, 9.17) is 19.1 Å². The Morgan fingerprint density at radius 3 is 2.55 bits per heavy atom. The number of ether oxygens (including phenoxy) is 1. The third-order valence-electron chi connectivity index (χ3n) is 6.47. The van der Waals surface area contributed by atoms with Gasteiger partial charge in [0.15, 0.2) is 5.82 Å². The highest BCUT2D eigenvalue weighted by Crippen LogP contribution is 2.42. The molecule has 3 aromatic rings. The number of fused-ring (bicyclic) bond motifs is 1. The van der Waals surface area contributed by atoms with Gasteiger partial charge in [-0.05, 0) is 25.0 Å². The van der Waals surface area contributed by atoms with Crippen molar-refractivity contribution < 1.29 is 13.4 Å². The molecule has 1 aliphatic carbocycles. The average Bonchev–Trinajstić information content (AvgIpc) is 3.25. The molecular formula is C23H26N6O3S. The van der Waals surface area contributed by atoms with Crippen LogP contribution in [0.5, 0.6) is 0 Å². The minimum atomic E-state index is -1.06. The molecule has 9 nitrogen and oxygen atoms in total. The van der Waals surface area contributed by atoms with Crippen molar-refractivity contribution in [3.63, 3.8) is 0 Å². The topological polar surface area (TPSA) is 106 Å². The van der Waals surface area contributed by atoms with Crippen LogP contribution in [0.4, 0.5) is 5.82 Å². The Bertz CT molecular complexity index is 1200. The standard InChI is InChI=1S/C23H26N6O3S/c1-15-27-28-22(32-15)17-4-2-16(3-5-17)20-24-18-6-13-33(30)19(18)21(25-20)26-23(7-8-23)14-29-9-11-31-12-10-29/h2-5H,6-14H2,1H3,(H,24,25,26). The van der Waals surface area contributed by atoms with Crippen LogP contribution in [-0.4, -0.2) is 73.4 Å². The molecule has 1 atom stereocenters. The SMILES string of the molecule is Cc1nnc(-c2ccc(-c3nc4c(c(NC5(CN6CCOCC6)CC5)n3)S(=O)CC4)cc2)o1. The lowest BCUT2D eigenvalue weighted by atomic mass is 10.1. The summed E-state index contributed by atoms with van der Waals surface area (Å²) in [6.45, 7) is 6.20. The van der Waals surface area contributed by atoms with E-state index < -0.39 is 10.8 Å². The fraction of sp³-hybridized carbons (Fsp3) is 0.478. The van der Waals surface area contributed by atoms with Crippen molar-refractivity contribution in [3.8, 4) is 22.8 Å². The third-order valence-corrected chi connectivity index (χ3v) is 7.93. The number of hydrogen-bond donors (Lipinski definition) is 1. The first-order chi connectivity index (χ1) is 16.1. The van der Waals surface area contributed by atoms with Gasteiger partial charge < -0.3 is 14.5 Å². The first-order valence-electron chi connectivity index (χ1n) is 11.4. The summed E-state index contributed by atoms with van der Waals surface area (Å²) in [5, 5.41) is 11.7. The number of rotatable bonds is 6. The molecule has 172 valence electrons. The van der Waals surface area contributed by atoms with E-state index in [1.807, 2.05) is 24.3 Å². The molecule has 0 spiro atoms. The molecule has 3 aliphatic rings. The quantitative estimate of drug-likeness (QED) is 0.586. The van der Waals surface area contributed by atoms with E-state index in [2.05, 4.69) is 20.4 Å². The molecule has 33 heavy (non-hydrogen) atoms. The van der Waals surface area contributed by atoms with Gasteiger partial charge in [0, 0.05) is 49.9 Å². The number of nitrogens with one attached hydrogen (secondary N) is 1. The van der Waals surface area contributed by atoms with E-state index in [1.165, 1.54) is 0 Å². The molecule has 2 aromatic heterocycles. The molecule has 1 N–H and O–H groups in total. The van der Waals surface area contributed by atoms with Crippen LogP contribution in [0.1, 0.15) is 24.4 Å². The molecule has 0 bridgehead atoms. The molecule has 2 fully saturated rings. The van der Waals surface area contributed by atoms with Crippen molar-refractivity contribution in [3.05, 3.63) is 35.9 Å². The first kappa shape index (κ1) is 20.9. The van der Waals surface area contributed by atoms with Gasteiger partial charge in [-0.25, -0.2) is 9.97 Å². The van der Waals surface area contributed by atoms with E-state index in [1.54, 1.807) is 6.92 Å². The minimum Gasteiger partial charge on any atom is -0.421 e. The number of aryl methyl sites for hydroxylation is 2. The number of aromatic nitrogens is 4. The van der Waals surface area contributed by atoms with Crippen LogP contribution in [0.3, 0.4) is 0 Å². The first-order valence-corrected chi connectivity index (χ1v) is 12.7. The van der Waals surface area contributed by atoms with Crippen LogP contribution in [0, 0.1) is 6.92 Å². The van der Waals surface area contributed by atoms with Gasteiger partial charge in [-0.15, -0.1) is 10.2 Å². The Kier molecular flexibility index (Phi) is 5.23. The molecule has 2 aliphatic heterocycles. The van der Waals surface area contributed by atoms with Crippen LogP contribution in [0.15, 0.2) is 33.6 Å². The lowest BCUT2D eigenvalue weighted by molar-refractivity contribution is 0.0350. The van der Waals surface area contributed by atoms with Crippen molar-refractivity contribution in [2.75, 3.05) is 43.9 Å². The van der Waals surface area contributed by atoms with Gasteiger partial charge in [0.05, 0.1) is 35.2 Å². The number of nitrogens with zero attached hydrogens (tertiary/aromatic N) is 5. The van der Waals surface area contributed by atoms with Crippen molar-refractivity contribution in [1.29, 1.82) is 0 Å². The van der Waals surface area contributed by atoms with Gasteiger partial charge in [-0.2, -0.15) is 0 Å². The largest absolute Gasteiger partial charge is 0.421 e. The Balaban J connectivity index is 1.30. The molecule has 1 unspecified atom stereocenters. The Hall–Kier alpha value is -2.69. The van der Waals surface area contributed by atoms with Gasteiger partial charge in [0.2, 0.25) is 11.8 Å². The molecule has 6 rings (SSSR count). The van der Waals surface area contributed by atoms with E-state index in [9.17, 15) is 4.21 Å². The zero-order valence-electron chi connectivity index (χ0n) is 18.5. The second kappa shape index (κ2) is 8.27. The van der Waals surface area contributed by atoms with Crippen LogP contribution in [0.2, 0.25) is 0 Å². The fourth-order valence-electron chi connectivity index (χ4n) is 4.50. The highest BCUT2D eigenvalue weighted by molar-refractivity contribution is 7.85. The molecule has 0 radical (unpaired) electrons. The number of morpholine rings is 1. The van der Waals surface area contributed by atoms with E-state index in [0.29, 0.717) is 29.8 Å². The van der Waals surface area contributed by atoms with E-state index >= 15 is 0 Å². The lowest BCUT2D eigenvalue weighted by Crippen LogP contribution is -2.44. The second-order valence-electron chi connectivity index (χ2n) is 8.97. The molecule has 1 saturated carbocycles. The molecule has 0 amide bonds. The predicted octanol–water partition coefficient (Wildman–Crippen LogP) is 2.44. The van der Waals surface area contributed by atoms with Crippen molar-refractivity contribution >= 4 is 16.6 Å². The van der Waals surface area contributed by atoms with Crippen molar-refractivity contribution in [1.82, 2.24) is 25.1 Å². The maximum Gasteiger partial charge on any atom is 0.247 e. The summed E-state index contributed by atoms with van der Waals surface area (Å²) in [5.74, 6) is 3.00. The van der Waals surface area contributed by atoms with Crippen LogP contribution in [-0.2, 0) is 22.0 Å². The summed E-state index contributed by atoms with van der Waals surface area (Å²) in [5.41, 5.74) is 2.63. The molecule has 1 saturated heterocycles. The zero-order valence-corrected chi connectivity index (χ0v) is 19.4. The number of benzene rings is 1. The average molecular weight is 467 g/mol. The van der Waals surface area contributed by atoms with Gasteiger partial charge in [0.1, 0.15) is 10.7 Å². The summed E-state index contributed by atoms with van der Waals surface area (Å²) in [6.07, 6.45) is 2.88. The van der Waals surface area contributed by atoms with Crippen LogP contribution < -0.4 is 5.32 Å². The number of anilines is 1. The van der Waals surface area contributed by atoms with Gasteiger partial charge in [0.25, 0.3) is 0 Å². The molecule has 4 heterocycles. The minimum absolute atomic E-state index is 0.0107. The Morgan fingerprint density at radius 1 is 1.09 bits per heavy atom. The molecular weight excluding hydrogens is 440 g/mol. The highest BCUT2D eigenvalue weighted by Gasteiger charge is 2.45. The summed E-state index contributed by atoms with van der Waals surface area (Å²) >= 11 is 0. The van der Waals surface area contributed by atoms with Gasteiger partial charge in [-0.1, -0.05) is 12.1 Å². The van der Waals surface area contributed by atoms with Crippen molar-refractivity contribution in [2.24, 2.45) is 0 Å². The third kappa shape index (κ3) is 4.18. The summed E-state index contributed by atoms with van der Waals surface area (Å²) < 4.78 is 23.8. The summed E-state index contributed by atoms with van der Waals surface area (Å²) in [4.78, 5) is 12.9. The summed E-state index contributed by atoms with van der Waals surface area (Å²) in [7, 11) is -1.06. The Labute approximate surface area is 194 Å². The summed E-state index contributed by atoms with van der Waals surface area (Å²) in [6, 6.07) is 7.80.